The Morgan fingerprint density at radius 3 is 2.85 bits per heavy atom. The molecule has 1 aromatic carbocycles. The maximum atomic E-state index is 10.8. The van der Waals surface area contributed by atoms with E-state index in [1.54, 1.807) is 6.07 Å². The summed E-state index contributed by atoms with van der Waals surface area (Å²) in [6, 6.07) is 4.30. The summed E-state index contributed by atoms with van der Waals surface area (Å²) in [4.78, 5) is 3.44. The van der Waals surface area contributed by atoms with E-state index in [1.807, 2.05) is 0 Å². The molecule has 13 heavy (non-hydrogen) atoms. The fourth-order valence-corrected chi connectivity index (χ4v) is 1.72. The van der Waals surface area contributed by atoms with Crippen molar-refractivity contribution in [3.8, 4) is 0 Å². The summed E-state index contributed by atoms with van der Waals surface area (Å²) in [7, 11) is -4.22. The van der Waals surface area contributed by atoms with Crippen molar-refractivity contribution >= 4 is 21.2 Å². The molecule has 1 heterocycles. The van der Waals surface area contributed by atoms with Gasteiger partial charge in [0.05, 0.1) is 0 Å². The third kappa shape index (κ3) is 1.30. The van der Waals surface area contributed by atoms with E-state index in [1.165, 1.54) is 12.1 Å². The third-order valence-corrected chi connectivity index (χ3v) is 2.49. The van der Waals surface area contributed by atoms with Crippen LogP contribution in [0.25, 0.3) is 11.1 Å². The summed E-state index contributed by atoms with van der Waals surface area (Å²) in [6.07, 6.45) is 1.12. The number of rotatable bonds is 1. The first-order valence-corrected chi connectivity index (χ1v) is 4.83. The third-order valence-electron chi connectivity index (χ3n) is 1.60. The normalized spacial score (nSPS) is 12.1. The van der Waals surface area contributed by atoms with E-state index >= 15 is 0 Å². The van der Waals surface area contributed by atoms with Crippen LogP contribution in [0.1, 0.15) is 0 Å². The first-order chi connectivity index (χ1) is 6.09. The van der Waals surface area contributed by atoms with Crippen LogP contribution in [-0.2, 0) is 10.1 Å². The Bertz CT molecular complexity index is 542. The summed E-state index contributed by atoms with van der Waals surface area (Å²) in [5.74, 6) is 0. The molecule has 0 atom stereocenters. The quantitative estimate of drug-likeness (QED) is 0.695. The number of hydrogen-bond acceptors (Lipinski definition) is 4. The van der Waals surface area contributed by atoms with Crippen molar-refractivity contribution in [2.24, 2.45) is 0 Å². The van der Waals surface area contributed by atoms with Gasteiger partial charge < -0.3 is 4.42 Å². The second kappa shape index (κ2) is 2.54. The zero-order chi connectivity index (χ0) is 9.47. The molecule has 68 valence electrons. The average Bonchev–Trinajstić information content (AvgIpc) is 2.48. The molecular formula is C7H5NO4S. The van der Waals surface area contributed by atoms with Gasteiger partial charge in [-0.3, -0.25) is 4.55 Å². The van der Waals surface area contributed by atoms with E-state index < -0.39 is 10.1 Å². The number of aromatic nitrogens is 1. The molecule has 0 saturated carbocycles. The van der Waals surface area contributed by atoms with Gasteiger partial charge in [0.15, 0.2) is 12.0 Å². The van der Waals surface area contributed by atoms with Gasteiger partial charge in [0.1, 0.15) is 10.4 Å². The Kier molecular flexibility index (Phi) is 1.61. The molecule has 0 amide bonds. The van der Waals surface area contributed by atoms with Crippen LogP contribution < -0.4 is 0 Å². The molecule has 0 aliphatic carbocycles. The number of nitrogens with zero attached hydrogens (tertiary/aromatic N) is 1. The first kappa shape index (κ1) is 8.21. The molecule has 0 aliphatic rings. The Morgan fingerprint density at radius 2 is 2.15 bits per heavy atom. The number of hydrogen-bond donors (Lipinski definition) is 1. The molecular weight excluding hydrogens is 194 g/mol. The maximum Gasteiger partial charge on any atom is 0.296 e. The summed E-state index contributed by atoms with van der Waals surface area (Å²) >= 11 is 0. The molecule has 1 N–H and O–H groups in total. The number of fused-ring (bicyclic) bond motifs is 1. The highest BCUT2D eigenvalue weighted by atomic mass is 32.2. The smallest absolute Gasteiger partial charge is 0.296 e. The molecule has 1 aromatic heterocycles. The highest BCUT2D eigenvalue weighted by molar-refractivity contribution is 7.86. The topological polar surface area (TPSA) is 80.4 Å². The van der Waals surface area contributed by atoms with E-state index in [9.17, 15) is 8.42 Å². The molecule has 0 fully saturated rings. The van der Waals surface area contributed by atoms with Crippen molar-refractivity contribution in [3.05, 3.63) is 24.6 Å². The lowest BCUT2D eigenvalue weighted by Gasteiger charge is -1.95. The van der Waals surface area contributed by atoms with Crippen molar-refractivity contribution in [2.75, 3.05) is 0 Å². The Hall–Kier alpha value is -1.40. The summed E-state index contributed by atoms with van der Waals surface area (Å²) in [6.45, 7) is 0. The number of oxazole rings is 1. The van der Waals surface area contributed by atoms with E-state index in [0.717, 1.165) is 6.39 Å². The van der Waals surface area contributed by atoms with Crippen LogP contribution in [0.3, 0.4) is 0 Å². The minimum absolute atomic E-state index is 0.144. The van der Waals surface area contributed by atoms with E-state index in [-0.39, 0.29) is 10.4 Å². The van der Waals surface area contributed by atoms with Crippen molar-refractivity contribution in [1.29, 1.82) is 0 Å². The monoisotopic (exact) mass is 199 g/mol. The van der Waals surface area contributed by atoms with Crippen molar-refractivity contribution in [2.45, 2.75) is 4.90 Å². The summed E-state index contributed by atoms with van der Waals surface area (Å²) in [5.41, 5.74) is 0.472. The fraction of sp³-hybridized carbons (Fsp3) is 0. The molecule has 0 unspecified atom stereocenters. The second-order valence-corrected chi connectivity index (χ2v) is 3.82. The molecule has 2 aromatic rings. The van der Waals surface area contributed by atoms with E-state index in [0.29, 0.717) is 5.58 Å². The van der Waals surface area contributed by atoms with Gasteiger partial charge in [-0.1, -0.05) is 6.07 Å². The van der Waals surface area contributed by atoms with Gasteiger partial charge in [-0.15, -0.1) is 0 Å². The Labute approximate surface area is 73.8 Å². The molecule has 0 saturated heterocycles. The van der Waals surface area contributed by atoms with Gasteiger partial charge in [0, 0.05) is 0 Å². The molecule has 0 radical (unpaired) electrons. The predicted octanol–water partition coefficient (Wildman–Crippen LogP) is 1.07. The summed E-state index contributed by atoms with van der Waals surface area (Å²) in [5, 5.41) is 0. The van der Waals surface area contributed by atoms with Crippen LogP contribution in [0.4, 0.5) is 0 Å². The van der Waals surface area contributed by atoms with Crippen LogP contribution in [-0.4, -0.2) is 18.0 Å². The molecule has 5 nitrogen and oxygen atoms in total. The maximum absolute atomic E-state index is 10.8. The highest BCUT2D eigenvalue weighted by Crippen LogP contribution is 2.20. The summed E-state index contributed by atoms with van der Waals surface area (Å²) < 4.78 is 35.3. The lowest BCUT2D eigenvalue weighted by atomic mass is 10.3. The highest BCUT2D eigenvalue weighted by Gasteiger charge is 2.15. The Balaban J connectivity index is 2.91. The van der Waals surface area contributed by atoms with Gasteiger partial charge in [-0.25, -0.2) is 4.98 Å². The number of benzene rings is 1. The number of para-hydroxylation sites is 1. The molecule has 2 rings (SSSR count). The van der Waals surface area contributed by atoms with Crippen molar-refractivity contribution in [1.82, 2.24) is 4.98 Å². The largest absolute Gasteiger partial charge is 0.443 e. The molecule has 0 spiro atoms. The standard InChI is InChI=1S/C7H5NO4S/c9-13(10,11)6-3-1-2-5-7(6)8-4-12-5/h1-4H,(H,9,10,11). The minimum Gasteiger partial charge on any atom is -0.443 e. The molecule has 0 bridgehead atoms. The van der Waals surface area contributed by atoms with Crippen LogP contribution in [0.5, 0.6) is 0 Å². The fourth-order valence-electron chi connectivity index (χ4n) is 1.07. The van der Waals surface area contributed by atoms with E-state index in [2.05, 4.69) is 4.98 Å². The molecule has 6 heteroatoms. The van der Waals surface area contributed by atoms with Crippen LogP contribution in [0.2, 0.25) is 0 Å². The first-order valence-electron chi connectivity index (χ1n) is 3.39. The van der Waals surface area contributed by atoms with Crippen molar-refractivity contribution < 1.29 is 17.4 Å². The average molecular weight is 199 g/mol. The van der Waals surface area contributed by atoms with Crippen molar-refractivity contribution in [3.63, 3.8) is 0 Å². The minimum atomic E-state index is -4.22. The van der Waals surface area contributed by atoms with Gasteiger partial charge in [-0.05, 0) is 12.1 Å². The van der Waals surface area contributed by atoms with Gasteiger partial charge in [-0.2, -0.15) is 8.42 Å². The Morgan fingerprint density at radius 1 is 1.38 bits per heavy atom. The second-order valence-electron chi connectivity index (χ2n) is 2.43. The van der Waals surface area contributed by atoms with Gasteiger partial charge in [0.25, 0.3) is 10.1 Å². The van der Waals surface area contributed by atoms with Crippen LogP contribution in [0, 0.1) is 0 Å². The molecule has 0 aliphatic heterocycles. The lowest BCUT2D eigenvalue weighted by Crippen LogP contribution is -1.98. The van der Waals surface area contributed by atoms with Gasteiger partial charge in [0.2, 0.25) is 0 Å². The zero-order valence-corrected chi connectivity index (χ0v) is 7.15. The zero-order valence-electron chi connectivity index (χ0n) is 6.34. The van der Waals surface area contributed by atoms with E-state index in [4.69, 9.17) is 8.97 Å². The van der Waals surface area contributed by atoms with Crippen LogP contribution >= 0.6 is 0 Å². The lowest BCUT2D eigenvalue weighted by molar-refractivity contribution is 0.484. The van der Waals surface area contributed by atoms with Gasteiger partial charge >= 0.3 is 0 Å². The SMILES string of the molecule is O=S(=O)(O)c1cccc2ocnc12. The predicted molar refractivity (Wildman–Crippen MR) is 43.8 cm³/mol. The van der Waals surface area contributed by atoms with Crippen LogP contribution in [0.15, 0.2) is 33.9 Å².